The fraction of sp³-hybridized carbons (Fsp3) is 0.263. The standard InChI is InChI=1S/C19H21N5O2/c1-12-5-6-13(2)16(9-12)26-14(3)19(25)23-17-10-18(22-11-21-17)24-8-7-20-15(24)4/h5-11,14H,1-4H3,(H,21,22,23,25). The Morgan fingerprint density at radius 2 is 1.96 bits per heavy atom. The molecule has 1 aromatic carbocycles. The molecular formula is C19H21N5O2. The zero-order valence-corrected chi connectivity index (χ0v) is 15.2. The van der Waals surface area contributed by atoms with Gasteiger partial charge in [0, 0.05) is 18.5 Å². The van der Waals surface area contributed by atoms with E-state index in [1.807, 2.05) is 43.5 Å². The smallest absolute Gasteiger partial charge is 0.266 e. The van der Waals surface area contributed by atoms with E-state index in [-0.39, 0.29) is 5.91 Å². The summed E-state index contributed by atoms with van der Waals surface area (Å²) >= 11 is 0. The van der Waals surface area contributed by atoms with Crippen molar-refractivity contribution in [2.75, 3.05) is 5.32 Å². The highest BCUT2D eigenvalue weighted by atomic mass is 16.5. The number of ether oxygens (including phenoxy) is 1. The molecule has 1 N–H and O–H groups in total. The van der Waals surface area contributed by atoms with Gasteiger partial charge < -0.3 is 10.1 Å². The molecule has 134 valence electrons. The summed E-state index contributed by atoms with van der Waals surface area (Å²) in [5.41, 5.74) is 2.06. The molecule has 1 unspecified atom stereocenters. The maximum atomic E-state index is 12.5. The number of benzene rings is 1. The average molecular weight is 351 g/mol. The Bertz CT molecular complexity index is 935. The van der Waals surface area contributed by atoms with Crippen molar-refractivity contribution in [2.45, 2.75) is 33.8 Å². The number of hydrogen-bond donors (Lipinski definition) is 1. The molecular weight excluding hydrogens is 330 g/mol. The van der Waals surface area contributed by atoms with Crippen molar-refractivity contribution in [1.82, 2.24) is 19.5 Å². The first-order valence-electron chi connectivity index (χ1n) is 8.31. The first-order chi connectivity index (χ1) is 12.4. The van der Waals surface area contributed by atoms with Crippen LogP contribution in [0.4, 0.5) is 5.82 Å². The van der Waals surface area contributed by atoms with Gasteiger partial charge in [0.2, 0.25) is 0 Å². The fourth-order valence-electron chi connectivity index (χ4n) is 2.47. The second-order valence-electron chi connectivity index (χ2n) is 6.12. The Hall–Kier alpha value is -3.22. The molecule has 2 aromatic heterocycles. The van der Waals surface area contributed by atoms with Crippen LogP contribution >= 0.6 is 0 Å². The van der Waals surface area contributed by atoms with E-state index in [1.165, 1.54) is 6.33 Å². The third kappa shape index (κ3) is 3.88. The Morgan fingerprint density at radius 1 is 1.15 bits per heavy atom. The van der Waals surface area contributed by atoms with Gasteiger partial charge in [-0.2, -0.15) is 0 Å². The summed E-state index contributed by atoms with van der Waals surface area (Å²) < 4.78 is 7.62. The molecule has 0 spiro atoms. The van der Waals surface area contributed by atoms with E-state index in [2.05, 4.69) is 20.3 Å². The van der Waals surface area contributed by atoms with Crippen molar-refractivity contribution in [3.8, 4) is 11.6 Å². The molecule has 1 atom stereocenters. The summed E-state index contributed by atoms with van der Waals surface area (Å²) in [4.78, 5) is 25.0. The Labute approximate surface area is 152 Å². The van der Waals surface area contributed by atoms with Gasteiger partial charge in [-0.05, 0) is 44.9 Å². The Morgan fingerprint density at radius 3 is 2.69 bits per heavy atom. The summed E-state index contributed by atoms with van der Waals surface area (Å²) in [6.07, 6.45) is 4.23. The molecule has 0 aliphatic carbocycles. The normalized spacial score (nSPS) is 11.8. The summed E-state index contributed by atoms with van der Waals surface area (Å²) in [5, 5.41) is 2.77. The highest BCUT2D eigenvalue weighted by Gasteiger charge is 2.17. The summed E-state index contributed by atoms with van der Waals surface area (Å²) in [5.74, 6) is 2.26. The number of amides is 1. The highest BCUT2D eigenvalue weighted by molar-refractivity contribution is 5.93. The van der Waals surface area contributed by atoms with Crippen LogP contribution in [0.5, 0.6) is 5.75 Å². The number of rotatable bonds is 5. The van der Waals surface area contributed by atoms with E-state index in [0.29, 0.717) is 17.4 Å². The number of carbonyl (C=O) groups excluding carboxylic acids is 1. The number of anilines is 1. The average Bonchev–Trinajstić information content (AvgIpc) is 3.04. The number of imidazole rings is 1. The summed E-state index contributed by atoms with van der Waals surface area (Å²) in [6, 6.07) is 7.59. The lowest BCUT2D eigenvalue weighted by Crippen LogP contribution is -2.30. The van der Waals surface area contributed by atoms with Crippen LogP contribution in [0.1, 0.15) is 23.9 Å². The van der Waals surface area contributed by atoms with Crippen LogP contribution < -0.4 is 10.1 Å². The number of carbonyl (C=O) groups is 1. The number of hydrogen-bond acceptors (Lipinski definition) is 5. The largest absolute Gasteiger partial charge is 0.481 e. The minimum Gasteiger partial charge on any atom is -0.481 e. The predicted octanol–water partition coefficient (Wildman–Crippen LogP) is 2.99. The summed E-state index contributed by atoms with van der Waals surface area (Å²) in [7, 11) is 0. The minimum atomic E-state index is -0.663. The first-order valence-corrected chi connectivity index (χ1v) is 8.31. The van der Waals surface area contributed by atoms with Crippen LogP contribution in [0.25, 0.3) is 5.82 Å². The second-order valence-corrected chi connectivity index (χ2v) is 6.12. The molecule has 0 saturated heterocycles. The molecule has 2 heterocycles. The van der Waals surface area contributed by atoms with E-state index in [1.54, 1.807) is 25.4 Å². The van der Waals surface area contributed by atoms with Crippen molar-refractivity contribution in [2.24, 2.45) is 0 Å². The second kappa shape index (κ2) is 7.35. The Balaban J connectivity index is 1.71. The number of aromatic nitrogens is 4. The van der Waals surface area contributed by atoms with E-state index < -0.39 is 6.10 Å². The lowest BCUT2D eigenvalue weighted by molar-refractivity contribution is -0.122. The summed E-state index contributed by atoms with van der Waals surface area (Å²) in [6.45, 7) is 7.51. The van der Waals surface area contributed by atoms with E-state index in [0.717, 1.165) is 17.0 Å². The van der Waals surface area contributed by atoms with E-state index in [4.69, 9.17) is 4.74 Å². The van der Waals surface area contributed by atoms with Gasteiger partial charge in [-0.1, -0.05) is 12.1 Å². The molecule has 3 rings (SSSR count). The van der Waals surface area contributed by atoms with Crippen LogP contribution in [-0.4, -0.2) is 31.5 Å². The molecule has 0 fully saturated rings. The van der Waals surface area contributed by atoms with Gasteiger partial charge >= 0.3 is 0 Å². The predicted molar refractivity (Wildman–Crippen MR) is 98.5 cm³/mol. The minimum absolute atomic E-state index is 0.280. The molecule has 0 radical (unpaired) electrons. The zero-order valence-electron chi connectivity index (χ0n) is 15.2. The number of nitrogens with one attached hydrogen (secondary N) is 1. The number of nitrogens with zero attached hydrogens (tertiary/aromatic N) is 4. The third-order valence-electron chi connectivity index (χ3n) is 3.99. The molecule has 0 saturated carbocycles. The zero-order chi connectivity index (χ0) is 18.7. The van der Waals surface area contributed by atoms with Gasteiger partial charge in [-0.15, -0.1) is 0 Å². The molecule has 0 bridgehead atoms. The molecule has 26 heavy (non-hydrogen) atoms. The molecule has 1 amide bonds. The lowest BCUT2D eigenvalue weighted by Gasteiger charge is -2.16. The van der Waals surface area contributed by atoms with Gasteiger partial charge in [0.1, 0.15) is 29.5 Å². The monoisotopic (exact) mass is 351 g/mol. The van der Waals surface area contributed by atoms with Gasteiger partial charge in [0.25, 0.3) is 5.91 Å². The topological polar surface area (TPSA) is 81.9 Å². The molecule has 3 aromatic rings. The SMILES string of the molecule is Cc1ccc(C)c(OC(C)C(=O)Nc2cc(-n3ccnc3C)ncn2)c1. The third-order valence-corrected chi connectivity index (χ3v) is 3.99. The van der Waals surface area contributed by atoms with Crippen molar-refractivity contribution in [1.29, 1.82) is 0 Å². The van der Waals surface area contributed by atoms with Gasteiger partial charge in [0.05, 0.1) is 0 Å². The number of aryl methyl sites for hydroxylation is 3. The van der Waals surface area contributed by atoms with E-state index >= 15 is 0 Å². The van der Waals surface area contributed by atoms with Crippen LogP contribution in [-0.2, 0) is 4.79 Å². The van der Waals surface area contributed by atoms with Crippen molar-refractivity contribution < 1.29 is 9.53 Å². The maximum absolute atomic E-state index is 12.5. The molecule has 7 heteroatoms. The lowest BCUT2D eigenvalue weighted by atomic mass is 10.1. The van der Waals surface area contributed by atoms with Gasteiger partial charge in [0.15, 0.2) is 6.10 Å². The maximum Gasteiger partial charge on any atom is 0.266 e. The van der Waals surface area contributed by atoms with Crippen molar-refractivity contribution in [3.63, 3.8) is 0 Å². The van der Waals surface area contributed by atoms with Crippen LogP contribution in [0.15, 0.2) is 43.0 Å². The molecule has 7 nitrogen and oxygen atoms in total. The quantitative estimate of drug-likeness (QED) is 0.764. The van der Waals surface area contributed by atoms with Gasteiger partial charge in [-0.25, -0.2) is 15.0 Å². The fourth-order valence-corrected chi connectivity index (χ4v) is 2.47. The molecule has 0 aliphatic rings. The first kappa shape index (κ1) is 17.6. The van der Waals surface area contributed by atoms with Gasteiger partial charge in [-0.3, -0.25) is 9.36 Å². The van der Waals surface area contributed by atoms with Crippen LogP contribution in [0.3, 0.4) is 0 Å². The molecule has 0 aliphatic heterocycles. The van der Waals surface area contributed by atoms with Crippen molar-refractivity contribution in [3.05, 3.63) is 59.9 Å². The van der Waals surface area contributed by atoms with Crippen molar-refractivity contribution >= 4 is 11.7 Å². The Kier molecular flexibility index (Phi) is 4.97. The highest BCUT2D eigenvalue weighted by Crippen LogP contribution is 2.21. The van der Waals surface area contributed by atoms with E-state index in [9.17, 15) is 4.79 Å². The van der Waals surface area contributed by atoms with Crippen LogP contribution in [0.2, 0.25) is 0 Å². The van der Waals surface area contributed by atoms with Crippen LogP contribution in [0, 0.1) is 20.8 Å².